The third kappa shape index (κ3) is 3.90. The molecule has 0 bridgehead atoms. The number of ether oxygens (including phenoxy) is 1. The fourth-order valence-corrected chi connectivity index (χ4v) is 2.55. The molecule has 0 saturated carbocycles. The monoisotopic (exact) mass is 349 g/mol. The third-order valence-corrected chi connectivity index (χ3v) is 3.70. The number of esters is 1. The van der Waals surface area contributed by atoms with Gasteiger partial charge in [0.1, 0.15) is 17.7 Å². The fourth-order valence-electron chi connectivity index (χ4n) is 2.55. The summed E-state index contributed by atoms with van der Waals surface area (Å²) in [6.07, 6.45) is 0. The van der Waals surface area contributed by atoms with Crippen molar-refractivity contribution >= 4 is 23.0 Å². The minimum Gasteiger partial charge on any atom is -0.480 e. The van der Waals surface area contributed by atoms with Crippen LogP contribution < -0.4 is 11.4 Å². The first-order chi connectivity index (χ1) is 11.5. The quantitative estimate of drug-likeness (QED) is 0.781. The summed E-state index contributed by atoms with van der Waals surface area (Å²) in [4.78, 5) is 36.2. The molecule has 8 nitrogen and oxygen atoms in total. The van der Waals surface area contributed by atoms with E-state index < -0.39 is 35.3 Å². The number of carboxylic acids is 1. The van der Waals surface area contributed by atoms with Gasteiger partial charge in [0.15, 0.2) is 0 Å². The number of para-hydroxylation sites is 2. The second kappa shape index (κ2) is 6.72. The van der Waals surface area contributed by atoms with Crippen LogP contribution in [0.1, 0.15) is 33.7 Å². The number of benzene rings is 1. The fraction of sp³-hybridized carbons (Fsp3) is 0.471. The van der Waals surface area contributed by atoms with Gasteiger partial charge in [0.05, 0.1) is 17.6 Å². The largest absolute Gasteiger partial charge is 0.480 e. The van der Waals surface area contributed by atoms with Crippen molar-refractivity contribution in [1.29, 1.82) is 0 Å². The first-order valence-electron chi connectivity index (χ1n) is 7.94. The van der Waals surface area contributed by atoms with Crippen LogP contribution in [0.25, 0.3) is 11.0 Å². The van der Waals surface area contributed by atoms with Crippen LogP contribution in [0, 0.1) is 0 Å². The minimum absolute atomic E-state index is 0.192. The zero-order valence-electron chi connectivity index (χ0n) is 14.7. The second-order valence-electron chi connectivity index (χ2n) is 6.91. The summed E-state index contributed by atoms with van der Waals surface area (Å²) in [6.45, 7) is 6.62. The summed E-state index contributed by atoms with van der Waals surface area (Å²) in [5.41, 5.74) is 5.42. The van der Waals surface area contributed by atoms with E-state index in [4.69, 9.17) is 15.6 Å². The standard InChI is InChI=1S/C17H23N3O5/c1-10(15(23)25-17(2,3)4)20-13-8-6-5-7-12(13)19(16(20)24)9-11(18)14(21)22/h5-8,10-11H,9,18H2,1-4H3,(H,21,22). The van der Waals surface area contributed by atoms with Crippen molar-refractivity contribution in [3.05, 3.63) is 34.7 Å². The summed E-state index contributed by atoms with van der Waals surface area (Å²) in [6, 6.07) is 4.76. The maximum Gasteiger partial charge on any atom is 0.329 e. The van der Waals surface area contributed by atoms with Gasteiger partial charge in [-0.15, -0.1) is 0 Å². The number of imidazole rings is 1. The highest BCUT2D eigenvalue weighted by Gasteiger charge is 2.27. The topological polar surface area (TPSA) is 117 Å². The molecule has 3 N–H and O–H groups in total. The minimum atomic E-state index is -1.23. The molecule has 25 heavy (non-hydrogen) atoms. The van der Waals surface area contributed by atoms with Gasteiger partial charge in [-0.05, 0) is 39.8 Å². The van der Waals surface area contributed by atoms with Crippen LogP contribution in [0.5, 0.6) is 0 Å². The third-order valence-electron chi connectivity index (χ3n) is 3.70. The lowest BCUT2D eigenvalue weighted by Crippen LogP contribution is -2.39. The van der Waals surface area contributed by atoms with Gasteiger partial charge in [-0.3, -0.25) is 13.9 Å². The van der Waals surface area contributed by atoms with Gasteiger partial charge in [-0.2, -0.15) is 0 Å². The molecule has 0 aliphatic rings. The molecule has 136 valence electrons. The number of nitrogens with two attached hydrogens (primary N) is 1. The van der Waals surface area contributed by atoms with Crippen LogP contribution in [0.2, 0.25) is 0 Å². The van der Waals surface area contributed by atoms with Crippen molar-refractivity contribution in [2.24, 2.45) is 5.73 Å². The summed E-state index contributed by atoms with van der Waals surface area (Å²) in [7, 11) is 0. The van der Waals surface area contributed by atoms with Crippen LogP contribution in [-0.4, -0.2) is 37.8 Å². The number of carbonyl (C=O) groups is 2. The molecular formula is C17H23N3O5. The smallest absolute Gasteiger partial charge is 0.329 e. The average Bonchev–Trinajstić information content (AvgIpc) is 2.77. The lowest BCUT2D eigenvalue weighted by Gasteiger charge is -2.22. The van der Waals surface area contributed by atoms with E-state index in [1.807, 2.05) is 0 Å². The van der Waals surface area contributed by atoms with Crippen molar-refractivity contribution < 1.29 is 19.4 Å². The zero-order chi connectivity index (χ0) is 18.9. The summed E-state index contributed by atoms with van der Waals surface area (Å²) in [5, 5.41) is 9.02. The van der Waals surface area contributed by atoms with Crippen LogP contribution in [0.15, 0.2) is 29.1 Å². The number of hydrogen-bond donors (Lipinski definition) is 2. The maximum absolute atomic E-state index is 12.8. The highest BCUT2D eigenvalue weighted by molar-refractivity contribution is 5.81. The Kier molecular flexibility index (Phi) is 5.03. The van der Waals surface area contributed by atoms with E-state index >= 15 is 0 Å². The van der Waals surface area contributed by atoms with Gasteiger partial charge < -0.3 is 15.6 Å². The van der Waals surface area contributed by atoms with E-state index in [1.54, 1.807) is 52.0 Å². The van der Waals surface area contributed by atoms with Gasteiger partial charge in [-0.25, -0.2) is 9.59 Å². The van der Waals surface area contributed by atoms with E-state index in [0.717, 1.165) is 0 Å². The van der Waals surface area contributed by atoms with Crippen LogP contribution in [0.3, 0.4) is 0 Å². The number of carboxylic acid groups (broad SMARTS) is 1. The number of aromatic nitrogens is 2. The molecule has 0 aliphatic carbocycles. The second-order valence-corrected chi connectivity index (χ2v) is 6.91. The van der Waals surface area contributed by atoms with Crippen LogP contribution in [0.4, 0.5) is 0 Å². The molecule has 0 radical (unpaired) electrons. The predicted molar refractivity (Wildman–Crippen MR) is 92.4 cm³/mol. The number of rotatable bonds is 5. The Labute approximate surface area is 144 Å². The maximum atomic E-state index is 12.8. The number of fused-ring (bicyclic) bond motifs is 1. The lowest BCUT2D eigenvalue weighted by atomic mass is 10.2. The Bertz CT molecular complexity index is 859. The Morgan fingerprint density at radius 2 is 1.80 bits per heavy atom. The molecule has 0 saturated heterocycles. The van der Waals surface area contributed by atoms with E-state index in [2.05, 4.69) is 0 Å². The van der Waals surface area contributed by atoms with Gasteiger partial charge in [-0.1, -0.05) is 12.1 Å². The van der Waals surface area contributed by atoms with Crippen molar-refractivity contribution in [3.8, 4) is 0 Å². The van der Waals surface area contributed by atoms with Crippen LogP contribution in [-0.2, 0) is 20.9 Å². The molecule has 1 aromatic carbocycles. The average molecular weight is 349 g/mol. The highest BCUT2D eigenvalue weighted by atomic mass is 16.6. The van der Waals surface area contributed by atoms with Crippen molar-refractivity contribution in [1.82, 2.24) is 9.13 Å². The van der Waals surface area contributed by atoms with E-state index in [9.17, 15) is 14.4 Å². The molecule has 8 heteroatoms. The van der Waals surface area contributed by atoms with Crippen molar-refractivity contribution in [2.75, 3.05) is 0 Å². The Morgan fingerprint density at radius 3 is 2.32 bits per heavy atom. The number of carbonyl (C=O) groups excluding carboxylic acids is 1. The molecule has 0 fully saturated rings. The molecule has 0 aliphatic heterocycles. The summed E-state index contributed by atoms with van der Waals surface area (Å²) >= 11 is 0. The Morgan fingerprint density at radius 1 is 1.24 bits per heavy atom. The van der Waals surface area contributed by atoms with Gasteiger partial charge >= 0.3 is 17.6 Å². The molecule has 2 aromatic rings. The molecule has 2 unspecified atom stereocenters. The summed E-state index contributed by atoms with van der Waals surface area (Å²) < 4.78 is 7.94. The predicted octanol–water partition coefficient (Wildman–Crippen LogP) is 1.12. The molecular weight excluding hydrogens is 326 g/mol. The van der Waals surface area contributed by atoms with Gasteiger partial charge in [0.25, 0.3) is 0 Å². The SMILES string of the molecule is CC(C(=O)OC(C)(C)C)n1c(=O)n(CC(N)C(=O)O)c2ccccc21. The zero-order valence-corrected chi connectivity index (χ0v) is 14.7. The van der Waals surface area contributed by atoms with Crippen molar-refractivity contribution in [2.45, 2.75) is 51.9 Å². The molecule has 1 heterocycles. The normalized spacial score (nSPS) is 14.3. The summed E-state index contributed by atoms with van der Waals surface area (Å²) in [5.74, 6) is -1.75. The van der Waals surface area contributed by atoms with E-state index in [0.29, 0.717) is 11.0 Å². The molecule has 1 aromatic heterocycles. The lowest BCUT2D eigenvalue weighted by molar-refractivity contribution is -0.158. The molecule has 2 atom stereocenters. The first-order valence-corrected chi connectivity index (χ1v) is 7.94. The molecule has 0 amide bonds. The van der Waals surface area contributed by atoms with Gasteiger partial charge in [0.2, 0.25) is 0 Å². The number of aliphatic carboxylic acids is 1. The van der Waals surface area contributed by atoms with E-state index in [-0.39, 0.29) is 6.54 Å². The van der Waals surface area contributed by atoms with Crippen LogP contribution >= 0.6 is 0 Å². The molecule has 2 rings (SSSR count). The van der Waals surface area contributed by atoms with E-state index in [1.165, 1.54) is 9.13 Å². The molecule has 0 spiro atoms. The number of hydrogen-bond acceptors (Lipinski definition) is 5. The Hall–Kier alpha value is -2.61. The van der Waals surface area contributed by atoms with Crippen molar-refractivity contribution in [3.63, 3.8) is 0 Å². The number of nitrogens with zero attached hydrogens (tertiary/aromatic N) is 2. The Balaban J connectivity index is 2.54. The highest BCUT2D eigenvalue weighted by Crippen LogP contribution is 2.20. The van der Waals surface area contributed by atoms with Gasteiger partial charge in [0, 0.05) is 0 Å². The first kappa shape index (κ1) is 18.7.